The van der Waals surface area contributed by atoms with E-state index in [2.05, 4.69) is 20.8 Å². The molecule has 1 fully saturated rings. The second-order valence-corrected chi connectivity index (χ2v) is 8.48. The molecule has 0 aliphatic heterocycles. The van der Waals surface area contributed by atoms with Crippen molar-refractivity contribution in [3.63, 3.8) is 0 Å². The highest BCUT2D eigenvalue weighted by Crippen LogP contribution is 2.36. The van der Waals surface area contributed by atoms with Crippen molar-refractivity contribution in [1.29, 1.82) is 0 Å². The smallest absolute Gasteiger partial charge is 0.306 e. The van der Waals surface area contributed by atoms with Gasteiger partial charge in [0.25, 0.3) is 0 Å². The molecular weight excluding hydrogens is 314 g/mol. The van der Waals surface area contributed by atoms with Crippen LogP contribution in [0, 0.1) is 17.8 Å². The lowest BCUT2D eigenvalue weighted by Crippen LogP contribution is -2.42. The molecule has 4 heteroatoms. The Morgan fingerprint density at radius 2 is 1.64 bits per heavy atom. The number of ether oxygens (including phenoxy) is 1. The Morgan fingerprint density at radius 1 is 1.04 bits per heavy atom. The van der Waals surface area contributed by atoms with E-state index in [4.69, 9.17) is 4.74 Å². The molecule has 0 aromatic heterocycles. The van der Waals surface area contributed by atoms with E-state index in [0.717, 1.165) is 19.3 Å². The van der Waals surface area contributed by atoms with Gasteiger partial charge in [0.05, 0.1) is 6.42 Å². The first kappa shape index (κ1) is 22.0. The fraction of sp³-hybridized carbons (Fsp3) is 0.905. The molecule has 0 aromatic carbocycles. The van der Waals surface area contributed by atoms with E-state index >= 15 is 0 Å². The summed E-state index contributed by atoms with van der Waals surface area (Å²) in [7, 11) is 0. The Labute approximate surface area is 154 Å². The number of hydrogen-bond donors (Lipinski definition) is 0. The summed E-state index contributed by atoms with van der Waals surface area (Å²) in [6.07, 6.45) is 4.88. The summed E-state index contributed by atoms with van der Waals surface area (Å²) >= 11 is 0. The Bertz CT molecular complexity index is 425. The van der Waals surface area contributed by atoms with Crippen LogP contribution in [0.25, 0.3) is 0 Å². The zero-order valence-corrected chi connectivity index (χ0v) is 17.4. The van der Waals surface area contributed by atoms with E-state index in [9.17, 15) is 9.59 Å². The molecule has 0 N–H and O–H groups in total. The number of nitrogens with zero attached hydrogens (tertiary/aromatic N) is 1. The van der Waals surface area contributed by atoms with Gasteiger partial charge < -0.3 is 9.64 Å². The molecule has 1 aliphatic rings. The average Bonchev–Trinajstić information content (AvgIpc) is 2.51. The molecule has 146 valence electrons. The first-order valence-electron chi connectivity index (χ1n) is 10.2. The maximum Gasteiger partial charge on any atom is 0.306 e. The van der Waals surface area contributed by atoms with Crippen LogP contribution in [0.4, 0.5) is 0 Å². The van der Waals surface area contributed by atoms with Crippen molar-refractivity contribution >= 4 is 11.9 Å². The van der Waals surface area contributed by atoms with Crippen molar-refractivity contribution in [2.45, 2.75) is 105 Å². The van der Waals surface area contributed by atoms with Crippen LogP contribution in [0.2, 0.25) is 0 Å². The van der Waals surface area contributed by atoms with Crippen LogP contribution in [0.15, 0.2) is 0 Å². The van der Waals surface area contributed by atoms with Gasteiger partial charge in [0.1, 0.15) is 6.10 Å². The predicted molar refractivity (Wildman–Crippen MR) is 102 cm³/mol. The van der Waals surface area contributed by atoms with Crippen molar-refractivity contribution in [2.24, 2.45) is 17.8 Å². The summed E-state index contributed by atoms with van der Waals surface area (Å²) < 4.78 is 5.84. The van der Waals surface area contributed by atoms with Gasteiger partial charge in [-0.3, -0.25) is 9.59 Å². The van der Waals surface area contributed by atoms with E-state index in [1.165, 1.54) is 6.42 Å². The van der Waals surface area contributed by atoms with E-state index in [1.807, 2.05) is 32.6 Å². The minimum Gasteiger partial charge on any atom is -0.462 e. The lowest BCUT2D eigenvalue weighted by Gasteiger charge is -2.37. The summed E-state index contributed by atoms with van der Waals surface area (Å²) in [5.41, 5.74) is 0. The van der Waals surface area contributed by atoms with E-state index in [-0.39, 0.29) is 42.9 Å². The van der Waals surface area contributed by atoms with Gasteiger partial charge in [0.15, 0.2) is 0 Å². The van der Waals surface area contributed by atoms with E-state index < -0.39 is 0 Å². The number of carbonyl (C=O) groups excluding carboxylic acids is 2. The molecule has 0 heterocycles. The molecule has 1 aliphatic carbocycles. The van der Waals surface area contributed by atoms with Crippen LogP contribution in [0.5, 0.6) is 0 Å². The average molecular weight is 354 g/mol. The monoisotopic (exact) mass is 353 g/mol. The molecule has 0 saturated heterocycles. The minimum absolute atomic E-state index is 0.0209. The SMILES string of the molecule is CCC(C)[C@@H]1CCC(C)CC1OC(=O)CCC(=O)N(C(C)C)C(C)C. The molecular formula is C21H39NO3. The number of esters is 1. The van der Waals surface area contributed by atoms with Crippen molar-refractivity contribution in [2.75, 3.05) is 0 Å². The molecule has 0 aromatic rings. The second kappa shape index (κ2) is 10.2. The van der Waals surface area contributed by atoms with Crippen LogP contribution in [-0.4, -0.2) is 35.0 Å². The molecule has 0 spiro atoms. The van der Waals surface area contributed by atoms with Crippen molar-refractivity contribution in [3.05, 3.63) is 0 Å². The number of carbonyl (C=O) groups is 2. The second-order valence-electron chi connectivity index (χ2n) is 8.48. The number of amides is 1. The van der Waals surface area contributed by atoms with Crippen molar-refractivity contribution < 1.29 is 14.3 Å². The highest BCUT2D eigenvalue weighted by atomic mass is 16.5. The van der Waals surface area contributed by atoms with E-state index in [1.54, 1.807) is 0 Å². The molecule has 4 atom stereocenters. The molecule has 0 bridgehead atoms. The zero-order chi connectivity index (χ0) is 19.1. The summed E-state index contributed by atoms with van der Waals surface area (Å²) in [5, 5.41) is 0. The predicted octanol–water partition coefficient (Wildman–Crippen LogP) is 4.81. The number of rotatable bonds is 8. The standard InChI is InChI=1S/C21H39NO3/c1-8-17(7)18-10-9-16(6)13-19(18)25-21(24)12-11-20(23)22(14(2)3)15(4)5/h14-19H,8-13H2,1-7H3/t16?,17?,18-,19?/m0/s1. The van der Waals surface area contributed by atoms with Gasteiger partial charge in [-0.05, 0) is 58.3 Å². The summed E-state index contributed by atoms with van der Waals surface area (Å²) in [5.74, 6) is 1.47. The van der Waals surface area contributed by atoms with Gasteiger partial charge in [-0.1, -0.05) is 33.6 Å². The highest BCUT2D eigenvalue weighted by Gasteiger charge is 2.34. The normalized spacial score (nSPS) is 25.1. The maximum atomic E-state index is 12.4. The molecule has 4 nitrogen and oxygen atoms in total. The van der Waals surface area contributed by atoms with Gasteiger partial charge in [-0.2, -0.15) is 0 Å². The van der Waals surface area contributed by atoms with Gasteiger partial charge in [-0.25, -0.2) is 0 Å². The van der Waals surface area contributed by atoms with E-state index in [0.29, 0.717) is 17.8 Å². The quantitative estimate of drug-likeness (QED) is 0.589. The first-order chi connectivity index (χ1) is 11.7. The third kappa shape index (κ3) is 6.63. The number of hydrogen-bond acceptors (Lipinski definition) is 3. The third-order valence-electron chi connectivity index (χ3n) is 5.71. The Kier molecular flexibility index (Phi) is 8.95. The maximum absolute atomic E-state index is 12.4. The minimum atomic E-state index is -0.215. The Morgan fingerprint density at radius 3 is 2.16 bits per heavy atom. The summed E-state index contributed by atoms with van der Waals surface area (Å²) in [4.78, 5) is 26.6. The van der Waals surface area contributed by atoms with Crippen LogP contribution in [-0.2, 0) is 14.3 Å². The molecule has 1 saturated carbocycles. The molecule has 3 unspecified atom stereocenters. The molecule has 25 heavy (non-hydrogen) atoms. The van der Waals surface area contributed by atoms with Gasteiger partial charge in [0.2, 0.25) is 5.91 Å². The van der Waals surface area contributed by atoms with Crippen LogP contribution in [0.1, 0.15) is 87.0 Å². The first-order valence-corrected chi connectivity index (χ1v) is 10.2. The largest absolute Gasteiger partial charge is 0.462 e. The third-order valence-corrected chi connectivity index (χ3v) is 5.71. The summed E-state index contributed by atoms with van der Waals surface area (Å²) in [6, 6.07) is 0.301. The van der Waals surface area contributed by atoms with Crippen molar-refractivity contribution in [1.82, 2.24) is 4.90 Å². The fourth-order valence-electron chi connectivity index (χ4n) is 4.18. The van der Waals surface area contributed by atoms with Crippen LogP contribution >= 0.6 is 0 Å². The molecule has 0 radical (unpaired) electrons. The van der Waals surface area contributed by atoms with Gasteiger partial charge in [0, 0.05) is 18.5 Å². The fourth-order valence-corrected chi connectivity index (χ4v) is 4.18. The lowest BCUT2D eigenvalue weighted by molar-refractivity contribution is -0.157. The lowest BCUT2D eigenvalue weighted by atomic mass is 9.74. The molecule has 1 amide bonds. The van der Waals surface area contributed by atoms with Gasteiger partial charge in [-0.15, -0.1) is 0 Å². The topological polar surface area (TPSA) is 46.6 Å². The van der Waals surface area contributed by atoms with Crippen LogP contribution in [0.3, 0.4) is 0 Å². The molecule has 1 rings (SSSR count). The van der Waals surface area contributed by atoms with Crippen molar-refractivity contribution in [3.8, 4) is 0 Å². The van der Waals surface area contributed by atoms with Crippen LogP contribution < -0.4 is 0 Å². The highest BCUT2D eigenvalue weighted by molar-refractivity contribution is 5.81. The summed E-state index contributed by atoms with van der Waals surface area (Å²) in [6.45, 7) is 14.7. The Hall–Kier alpha value is -1.06. The van der Waals surface area contributed by atoms with Gasteiger partial charge >= 0.3 is 5.97 Å². The Balaban J connectivity index is 2.57. The zero-order valence-electron chi connectivity index (χ0n) is 17.4.